The molecule has 1 fully saturated rings. The van der Waals surface area contributed by atoms with Crippen LogP contribution in [0.4, 0.5) is 8.78 Å². The molecular formula is C20H19Cl2F2NO3. The second-order valence-corrected chi connectivity index (χ2v) is 7.24. The quantitative estimate of drug-likeness (QED) is 0.688. The van der Waals surface area contributed by atoms with Gasteiger partial charge in [0.05, 0.1) is 32.3 Å². The Morgan fingerprint density at radius 1 is 1.11 bits per heavy atom. The molecule has 28 heavy (non-hydrogen) atoms. The van der Waals surface area contributed by atoms with Crippen molar-refractivity contribution in [3.05, 3.63) is 69.2 Å². The summed E-state index contributed by atoms with van der Waals surface area (Å²) in [5.41, 5.74) is 0.463. The highest BCUT2D eigenvalue weighted by molar-refractivity contribution is 6.35. The number of benzene rings is 2. The van der Waals surface area contributed by atoms with Crippen molar-refractivity contribution in [1.29, 1.82) is 0 Å². The minimum absolute atomic E-state index is 0.215. The standard InChI is InChI=1S/C20H19Cl2F2NO3/c21-16-3-1-4-17(22)15(16)12-27-11-13-10-25(7-8-28-13)20(26)9-14-18(23)5-2-6-19(14)24/h1-6,13H,7-12H2. The van der Waals surface area contributed by atoms with E-state index in [0.29, 0.717) is 28.8 Å². The number of hydrogen-bond donors (Lipinski definition) is 0. The number of hydrogen-bond acceptors (Lipinski definition) is 3. The summed E-state index contributed by atoms with van der Waals surface area (Å²) in [5.74, 6) is -1.80. The van der Waals surface area contributed by atoms with Gasteiger partial charge in [0.15, 0.2) is 0 Å². The van der Waals surface area contributed by atoms with Gasteiger partial charge in [-0.2, -0.15) is 0 Å². The van der Waals surface area contributed by atoms with Crippen molar-refractivity contribution in [2.24, 2.45) is 0 Å². The highest BCUT2D eigenvalue weighted by atomic mass is 35.5. The molecule has 4 nitrogen and oxygen atoms in total. The predicted molar refractivity (Wildman–Crippen MR) is 103 cm³/mol. The van der Waals surface area contributed by atoms with E-state index < -0.39 is 11.6 Å². The zero-order valence-corrected chi connectivity index (χ0v) is 16.5. The summed E-state index contributed by atoms with van der Waals surface area (Å²) in [6.45, 7) is 1.42. The zero-order chi connectivity index (χ0) is 20.1. The van der Waals surface area contributed by atoms with Gasteiger partial charge in [-0.3, -0.25) is 4.79 Å². The maximum absolute atomic E-state index is 13.8. The summed E-state index contributed by atoms with van der Waals surface area (Å²) in [7, 11) is 0. The molecule has 2 aromatic rings. The van der Waals surface area contributed by atoms with E-state index in [-0.39, 0.29) is 43.8 Å². The van der Waals surface area contributed by atoms with E-state index in [9.17, 15) is 13.6 Å². The molecule has 0 saturated carbocycles. The molecular weight excluding hydrogens is 411 g/mol. The minimum atomic E-state index is -0.724. The summed E-state index contributed by atoms with van der Waals surface area (Å²) in [4.78, 5) is 14.0. The van der Waals surface area contributed by atoms with Crippen molar-refractivity contribution in [3.63, 3.8) is 0 Å². The van der Waals surface area contributed by atoms with E-state index in [4.69, 9.17) is 32.7 Å². The van der Waals surface area contributed by atoms with Crippen molar-refractivity contribution in [2.45, 2.75) is 19.1 Å². The van der Waals surface area contributed by atoms with Gasteiger partial charge in [0.1, 0.15) is 11.6 Å². The predicted octanol–water partition coefficient (Wildman–Crippen LogP) is 4.26. The third kappa shape index (κ3) is 5.20. The van der Waals surface area contributed by atoms with E-state index in [1.54, 1.807) is 18.2 Å². The van der Waals surface area contributed by atoms with E-state index in [2.05, 4.69) is 0 Å². The first-order chi connectivity index (χ1) is 13.5. The van der Waals surface area contributed by atoms with Gasteiger partial charge < -0.3 is 14.4 Å². The van der Waals surface area contributed by atoms with Crippen LogP contribution in [0.25, 0.3) is 0 Å². The van der Waals surface area contributed by atoms with E-state index in [0.717, 1.165) is 12.1 Å². The first-order valence-electron chi connectivity index (χ1n) is 8.78. The number of halogens is 4. The maximum atomic E-state index is 13.8. The number of carbonyl (C=O) groups excluding carboxylic acids is 1. The lowest BCUT2D eigenvalue weighted by Gasteiger charge is -2.33. The molecule has 0 aliphatic carbocycles. The van der Waals surface area contributed by atoms with Crippen LogP contribution in [-0.4, -0.2) is 43.2 Å². The molecule has 8 heteroatoms. The Bertz CT molecular complexity index is 810. The Balaban J connectivity index is 1.53. The fourth-order valence-corrected chi connectivity index (χ4v) is 3.48. The molecule has 3 rings (SSSR count). The summed E-state index contributed by atoms with van der Waals surface area (Å²) in [5, 5.41) is 1.03. The Morgan fingerprint density at radius 3 is 2.43 bits per heavy atom. The van der Waals surface area contributed by atoms with E-state index in [1.807, 2.05) is 0 Å². The number of ether oxygens (including phenoxy) is 2. The Labute approximate surface area is 171 Å². The first kappa shape index (κ1) is 21.0. The van der Waals surface area contributed by atoms with Crippen molar-refractivity contribution in [2.75, 3.05) is 26.3 Å². The van der Waals surface area contributed by atoms with Crippen LogP contribution >= 0.6 is 23.2 Å². The van der Waals surface area contributed by atoms with Crippen LogP contribution in [0, 0.1) is 11.6 Å². The molecule has 1 atom stereocenters. The molecule has 0 aromatic heterocycles. The number of carbonyl (C=O) groups is 1. The molecule has 1 saturated heterocycles. The summed E-state index contributed by atoms with van der Waals surface area (Å²) in [6.07, 6.45) is -0.675. The molecule has 1 unspecified atom stereocenters. The monoisotopic (exact) mass is 429 g/mol. The molecule has 1 aliphatic heterocycles. The lowest BCUT2D eigenvalue weighted by atomic mass is 10.1. The maximum Gasteiger partial charge on any atom is 0.227 e. The van der Waals surface area contributed by atoms with Crippen molar-refractivity contribution in [1.82, 2.24) is 4.90 Å². The van der Waals surface area contributed by atoms with Crippen LogP contribution < -0.4 is 0 Å². The van der Waals surface area contributed by atoms with Crippen molar-refractivity contribution >= 4 is 29.1 Å². The van der Waals surface area contributed by atoms with E-state index >= 15 is 0 Å². The van der Waals surface area contributed by atoms with Gasteiger partial charge in [-0.1, -0.05) is 35.3 Å². The molecule has 0 bridgehead atoms. The number of morpholine rings is 1. The molecule has 1 aliphatic rings. The smallest absolute Gasteiger partial charge is 0.227 e. The third-order valence-corrected chi connectivity index (χ3v) is 5.20. The number of amides is 1. The van der Waals surface area contributed by atoms with Gasteiger partial charge >= 0.3 is 0 Å². The summed E-state index contributed by atoms with van der Waals surface area (Å²) >= 11 is 12.2. The molecule has 0 N–H and O–H groups in total. The molecule has 1 heterocycles. The SMILES string of the molecule is O=C(Cc1c(F)cccc1F)N1CCOC(COCc2c(Cl)cccc2Cl)C1. The first-order valence-corrected chi connectivity index (χ1v) is 9.54. The second kappa shape index (κ2) is 9.65. The second-order valence-electron chi connectivity index (χ2n) is 6.42. The highest BCUT2D eigenvalue weighted by Gasteiger charge is 2.26. The minimum Gasteiger partial charge on any atom is -0.374 e. The Morgan fingerprint density at radius 2 is 1.75 bits per heavy atom. The van der Waals surface area contributed by atoms with Gasteiger partial charge in [-0.15, -0.1) is 0 Å². The topological polar surface area (TPSA) is 38.8 Å². The van der Waals surface area contributed by atoms with Crippen LogP contribution in [0.2, 0.25) is 10.0 Å². The highest BCUT2D eigenvalue weighted by Crippen LogP contribution is 2.25. The van der Waals surface area contributed by atoms with Crippen molar-refractivity contribution < 1.29 is 23.0 Å². The van der Waals surface area contributed by atoms with Gasteiger partial charge in [0.25, 0.3) is 0 Å². The van der Waals surface area contributed by atoms with Crippen LogP contribution in [0.1, 0.15) is 11.1 Å². The average Bonchev–Trinajstić information content (AvgIpc) is 2.67. The Kier molecular flexibility index (Phi) is 7.24. The number of nitrogens with zero attached hydrogens (tertiary/aromatic N) is 1. The molecule has 1 amide bonds. The largest absolute Gasteiger partial charge is 0.374 e. The van der Waals surface area contributed by atoms with Gasteiger partial charge in [-0.25, -0.2) is 8.78 Å². The molecule has 2 aromatic carbocycles. The lowest BCUT2D eigenvalue weighted by Crippen LogP contribution is -2.47. The molecule has 0 radical (unpaired) electrons. The average molecular weight is 430 g/mol. The van der Waals surface area contributed by atoms with Gasteiger partial charge in [0, 0.05) is 34.3 Å². The van der Waals surface area contributed by atoms with Gasteiger partial charge in [0.2, 0.25) is 5.91 Å². The van der Waals surface area contributed by atoms with Crippen molar-refractivity contribution in [3.8, 4) is 0 Å². The Hall–Kier alpha value is -1.73. The van der Waals surface area contributed by atoms with Crippen LogP contribution in [-0.2, 0) is 27.3 Å². The molecule has 150 valence electrons. The van der Waals surface area contributed by atoms with Crippen LogP contribution in [0.3, 0.4) is 0 Å². The van der Waals surface area contributed by atoms with E-state index in [1.165, 1.54) is 11.0 Å². The van der Waals surface area contributed by atoms with Crippen LogP contribution in [0.15, 0.2) is 36.4 Å². The summed E-state index contributed by atoms with van der Waals surface area (Å²) in [6, 6.07) is 8.76. The zero-order valence-electron chi connectivity index (χ0n) is 15.0. The number of rotatable bonds is 6. The van der Waals surface area contributed by atoms with Crippen LogP contribution in [0.5, 0.6) is 0 Å². The molecule has 0 spiro atoms. The lowest BCUT2D eigenvalue weighted by molar-refractivity contribution is -0.141. The normalized spacial score (nSPS) is 17.0. The fourth-order valence-electron chi connectivity index (χ4n) is 2.97. The summed E-state index contributed by atoms with van der Waals surface area (Å²) < 4.78 is 38.8. The third-order valence-electron chi connectivity index (χ3n) is 4.49. The fraction of sp³-hybridized carbons (Fsp3) is 0.350. The van der Waals surface area contributed by atoms with Gasteiger partial charge in [-0.05, 0) is 24.3 Å².